The lowest BCUT2D eigenvalue weighted by Gasteiger charge is -2.27. The van der Waals surface area contributed by atoms with Crippen LogP contribution in [-0.4, -0.2) is 59.9 Å². The number of halogens is 1. The molecule has 11 heteroatoms. The number of nitrogens with one attached hydrogen (secondary N) is 1. The standard InChI is InChI=1S/C34H39FN6O3S/c1-6-24-17-26(25-13-15-40(16-14-25)45(5,42)43)9-12-30(24)37-32-19-31-33(36-21-39(31)3)34(38-32)41(22(2)28-18-29(28)35)20-23-7-10-27(44-4)11-8-23/h7-13,17,19,21,28-29H,2,6,14-16,18,20H2,1,3-5H3,(H,37,38)/t28-,29-/m1/s1. The van der Waals surface area contributed by atoms with Crippen molar-refractivity contribution in [2.75, 3.05) is 36.7 Å². The first-order valence-electron chi connectivity index (χ1n) is 15.2. The number of ether oxygens (including phenoxy) is 1. The number of sulfonamides is 1. The number of allylic oxidation sites excluding steroid dienone is 1. The number of fused-ring (bicyclic) bond motifs is 1. The zero-order valence-electron chi connectivity index (χ0n) is 26.1. The highest BCUT2D eigenvalue weighted by atomic mass is 32.2. The van der Waals surface area contributed by atoms with Crippen molar-refractivity contribution in [3.63, 3.8) is 0 Å². The van der Waals surface area contributed by atoms with Gasteiger partial charge in [-0.1, -0.05) is 37.8 Å². The number of anilines is 3. The highest BCUT2D eigenvalue weighted by molar-refractivity contribution is 7.88. The van der Waals surface area contributed by atoms with Gasteiger partial charge in [0.1, 0.15) is 23.3 Å². The van der Waals surface area contributed by atoms with Gasteiger partial charge < -0.3 is 19.5 Å². The molecule has 4 aromatic rings. The third kappa shape index (κ3) is 6.46. The van der Waals surface area contributed by atoms with Crippen LogP contribution in [0.15, 0.2) is 73.2 Å². The molecule has 1 fully saturated rings. The smallest absolute Gasteiger partial charge is 0.211 e. The van der Waals surface area contributed by atoms with Crippen molar-refractivity contribution >= 4 is 44.0 Å². The van der Waals surface area contributed by atoms with Crippen molar-refractivity contribution in [3.05, 3.63) is 89.9 Å². The van der Waals surface area contributed by atoms with Gasteiger partial charge in [-0.05, 0) is 65.8 Å². The number of hydrogen-bond acceptors (Lipinski definition) is 7. The fourth-order valence-corrected chi connectivity index (χ4v) is 6.63. The molecule has 0 saturated heterocycles. The molecule has 0 bridgehead atoms. The average molecular weight is 631 g/mol. The van der Waals surface area contributed by atoms with Crippen LogP contribution in [0.1, 0.15) is 36.5 Å². The maximum atomic E-state index is 14.4. The summed E-state index contributed by atoms with van der Waals surface area (Å²) in [7, 11) is 0.372. The number of aryl methyl sites for hydroxylation is 2. The van der Waals surface area contributed by atoms with Gasteiger partial charge in [0.05, 0.1) is 25.2 Å². The van der Waals surface area contributed by atoms with E-state index in [1.807, 2.05) is 52.9 Å². The zero-order valence-corrected chi connectivity index (χ0v) is 26.9. The van der Waals surface area contributed by atoms with Gasteiger partial charge >= 0.3 is 0 Å². The Kier molecular flexibility index (Phi) is 8.41. The Hall–Kier alpha value is -4.22. The number of imidazole rings is 1. The molecule has 236 valence electrons. The lowest BCUT2D eigenvalue weighted by atomic mass is 9.96. The second-order valence-electron chi connectivity index (χ2n) is 11.8. The van der Waals surface area contributed by atoms with Gasteiger partial charge in [0.15, 0.2) is 5.82 Å². The molecule has 2 atom stereocenters. The Bertz CT molecular complexity index is 1890. The number of hydrogen-bond donors (Lipinski definition) is 1. The molecule has 6 rings (SSSR count). The molecule has 2 aliphatic rings. The van der Waals surface area contributed by atoms with Crippen LogP contribution in [-0.2, 0) is 30.0 Å². The number of pyridine rings is 1. The first kappa shape index (κ1) is 30.8. The van der Waals surface area contributed by atoms with E-state index < -0.39 is 16.2 Å². The molecule has 1 N–H and O–H groups in total. The van der Waals surface area contributed by atoms with Crippen LogP contribution >= 0.6 is 0 Å². The van der Waals surface area contributed by atoms with Crippen LogP contribution in [0.25, 0.3) is 16.6 Å². The molecule has 2 aromatic carbocycles. The normalized spacial score (nSPS) is 18.5. The van der Waals surface area contributed by atoms with E-state index in [0.29, 0.717) is 55.3 Å². The largest absolute Gasteiger partial charge is 0.497 e. The van der Waals surface area contributed by atoms with Gasteiger partial charge in [-0.2, -0.15) is 4.31 Å². The molecule has 1 aliphatic carbocycles. The predicted molar refractivity (Wildman–Crippen MR) is 178 cm³/mol. The summed E-state index contributed by atoms with van der Waals surface area (Å²) in [5.74, 6) is 1.77. The van der Waals surface area contributed by atoms with E-state index in [2.05, 4.69) is 42.0 Å². The minimum atomic E-state index is -3.21. The summed E-state index contributed by atoms with van der Waals surface area (Å²) < 4.78 is 47.0. The van der Waals surface area contributed by atoms with Crippen LogP contribution in [0.5, 0.6) is 5.75 Å². The highest BCUT2D eigenvalue weighted by Crippen LogP contribution is 2.43. The van der Waals surface area contributed by atoms with Crippen LogP contribution in [0.3, 0.4) is 0 Å². The Labute approximate surface area is 264 Å². The molecule has 9 nitrogen and oxygen atoms in total. The summed E-state index contributed by atoms with van der Waals surface area (Å²) in [4.78, 5) is 11.7. The van der Waals surface area contributed by atoms with E-state index in [-0.39, 0.29) is 5.92 Å². The van der Waals surface area contributed by atoms with E-state index in [1.165, 1.54) is 10.6 Å². The predicted octanol–water partition coefficient (Wildman–Crippen LogP) is 6.21. The third-order valence-corrected chi connectivity index (χ3v) is 9.97. The SMILES string of the molecule is C=C([C@H]1C[C@H]1F)N(Cc1ccc(OC)cc1)c1nc(Nc2ccc(C3=CCN(S(C)(=O)=O)CC3)cc2CC)cc2c1ncn2C. The van der Waals surface area contributed by atoms with Crippen LogP contribution in [0.4, 0.5) is 21.7 Å². The Morgan fingerprint density at radius 3 is 2.58 bits per heavy atom. The van der Waals surface area contributed by atoms with Crippen molar-refractivity contribution in [1.29, 1.82) is 0 Å². The molecule has 3 heterocycles. The molecule has 45 heavy (non-hydrogen) atoms. The second-order valence-corrected chi connectivity index (χ2v) is 13.8. The number of rotatable bonds is 11. The van der Waals surface area contributed by atoms with Crippen LogP contribution < -0.4 is 15.0 Å². The first-order valence-corrected chi connectivity index (χ1v) is 17.0. The summed E-state index contributed by atoms with van der Waals surface area (Å²) >= 11 is 0. The van der Waals surface area contributed by atoms with Gasteiger partial charge in [0.2, 0.25) is 10.0 Å². The molecule has 0 unspecified atom stereocenters. The molecule has 1 saturated carbocycles. The maximum Gasteiger partial charge on any atom is 0.211 e. The van der Waals surface area contributed by atoms with E-state index in [9.17, 15) is 12.8 Å². The highest BCUT2D eigenvalue weighted by Gasteiger charge is 2.42. The first-order chi connectivity index (χ1) is 21.5. The zero-order chi connectivity index (χ0) is 31.9. The van der Waals surface area contributed by atoms with E-state index in [4.69, 9.17) is 9.72 Å². The minimum absolute atomic E-state index is 0.252. The fourth-order valence-electron chi connectivity index (χ4n) is 5.86. The van der Waals surface area contributed by atoms with Crippen molar-refractivity contribution < 1.29 is 17.5 Å². The van der Waals surface area contributed by atoms with Crippen molar-refractivity contribution in [2.24, 2.45) is 13.0 Å². The molecular weight excluding hydrogens is 591 g/mol. The van der Waals surface area contributed by atoms with Gasteiger partial charge in [0.25, 0.3) is 0 Å². The van der Waals surface area contributed by atoms with Gasteiger partial charge in [0, 0.05) is 50.1 Å². The van der Waals surface area contributed by atoms with Gasteiger partial charge in [-0.3, -0.25) is 0 Å². The lowest BCUT2D eigenvalue weighted by molar-refractivity contribution is 0.414. The minimum Gasteiger partial charge on any atom is -0.497 e. The fraction of sp³-hybridized carbons (Fsp3) is 0.353. The molecule has 1 aliphatic heterocycles. The Morgan fingerprint density at radius 1 is 1.20 bits per heavy atom. The lowest BCUT2D eigenvalue weighted by Crippen LogP contribution is -2.33. The van der Waals surface area contributed by atoms with Crippen LogP contribution in [0.2, 0.25) is 0 Å². The third-order valence-electron chi connectivity index (χ3n) is 8.70. The molecule has 0 spiro atoms. The number of methoxy groups -OCH3 is 1. The summed E-state index contributed by atoms with van der Waals surface area (Å²) in [6.07, 6.45) is 6.02. The van der Waals surface area contributed by atoms with Crippen molar-refractivity contribution in [1.82, 2.24) is 18.8 Å². The second kappa shape index (κ2) is 12.3. The average Bonchev–Trinajstić information content (AvgIpc) is 3.67. The summed E-state index contributed by atoms with van der Waals surface area (Å²) in [5, 5.41) is 3.55. The molecule has 0 amide bonds. The number of aromatic nitrogens is 3. The monoisotopic (exact) mass is 630 g/mol. The molecule has 0 radical (unpaired) electrons. The van der Waals surface area contributed by atoms with Crippen molar-refractivity contribution in [3.8, 4) is 5.75 Å². The Balaban J connectivity index is 1.34. The summed E-state index contributed by atoms with van der Waals surface area (Å²) in [6.45, 7) is 7.75. The quantitative estimate of drug-likeness (QED) is 0.211. The van der Waals surface area contributed by atoms with Gasteiger partial charge in [-0.25, -0.2) is 22.8 Å². The van der Waals surface area contributed by atoms with E-state index >= 15 is 0 Å². The van der Waals surface area contributed by atoms with Crippen molar-refractivity contribution in [2.45, 2.75) is 38.9 Å². The number of alkyl halides is 1. The van der Waals surface area contributed by atoms with Crippen LogP contribution in [0, 0.1) is 5.92 Å². The summed E-state index contributed by atoms with van der Waals surface area (Å²) in [6, 6.07) is 16.1. The van der Waals surface area contributed by atoms with E-state index in [0.717, 1.165) is 45.6 Å². The Morgan fingerprint density at radius 2 is 1.96 bits per heavy atom. The topological polar surface area (TPSA) is 92.6 Å². The van der Waals surface area contributed by atoms with E-state index in [1.54, 1.807) is 13.4 Å². The number of benzene rings is 2. The maximum absolute atomic E-state index is 14.4. The molecular formula is C34H39FN6O3S. The molecule has 2 aromatic heterocycles. The summed E-state index contributed by atoms with van der Waals surface area (Å²) in [5.41, 5.74) is 7.58. The van der Waals surface area contributed by atoms with Gasteiger partial charge in [-0.15, -0.1) is 0 Å². The number of nitrogens with zero attached hydrogens (tertiary/aromatic N) is 5.